The van der Waals surface area contributed by atoms with Crippen molar-refractivity contribution in [2.75, 3.05) is 5.32 Å². The Balaban J connectivity index is 2.20. The molecule has 0 aliphatic heterocycles. The first-order valence-corrected chi connectivity index (χ1v) is 9.29. The fraction of sp³-hybridized carbons (Fsp3) is 0.350. The van der Waals surface area contributed by atoms with Crippen LogP contribution in [0.15, 0.2) is 36.4 Å². The summed E-state index contributed by atoms with van der Waals surface area (Å²) < 4.78 is 39.1. The highest BCUT2D eigenvalue weighted by Gasteiger charge is 2.33. The maximum Gasteiger partial charge on any atom is 0.417 e. The summed E-state index contributed by atoms with van der Waals surface area (Å²) in [6.07, 6.45) is -4.52. The minimum atomic E-state index is -4.52. The Morgan fingerprint density at radius 1 is 1.07 bits per heavy atom. The first-order chi connectivity index (χ1) is 12.5. The molecule has 2 aromatic rings. The average Bonchev–Trinajstić information content (AvgIpc) is 2.54. The zero-order valence-corrected chi connectivity index (χ0v) is 17.1. The number of benzene rings is 2. The van der Waals surface area contributed by atoms with E-state index >= 15 is 0 Å². The van der Waals surface area contributed by atoms with Gasteiger partial charge in [-0.2, -0.15) is 13.2 Å². The standard InChI is InChI=1S/C20H22ClF3N2S/c1-11(2)18(15-7-5-12(3)9-13(15)4)26-19(27)25-14-6-8-17(21)16(10-14)20(22,23)24/h5-11,18H,1-4H3,(H2,25,26,27)/t18-/m0/s1. The summed E-state index contributed by atoms with van der Waals surface area (Å²) in [4.78, 5) is 0. The Kier molecular flexibility index (Phi) is 6.76. The highest BCUT2D eigenvalue weighted by Crippen LogP contribution is 2.36. The van der Waals surface area contributed by atoms with Crippen LogP contribution in [0.3, 0.4) is 0 Å². The summed E-state index contributed by atoms with van der Waals surface area (Å²) in [5.41, 5.74) is 2.74. The van der Waals surface area contributed by atoms with Crippen LogP contribution < -0.4 is 10.6 Å². The Morgan fingerprint density at radius 2 is 1.74 bits per heavy atom. The van der Waals surface area contributed by atoms with Gasteiger partial charge in [-0.15, -0.1) is 0 Å². The number of hydrogen-bond acceptors (Lipinski definition) is 1. The van der Waals surface area contributed by atoms with Crippen molar-refractivity contribution in [1.82, 2.24) is 5.32 Å². The molecule has 0 aliphatic rings. The molecule has 2 aromatic carbocycles. The minimum absolute atomic E-state index is 0.0695. The molecule has 0 saturated carbocycles. The maximum absolute atomic E-state index is 13.0. The first-order valence-electron chi connectivity index (χ1n) is 8.50. The SMILES string of the molecule is Cc1ccc([C@@H](NC(=S)Nc2ccc(Cl)c(C(F)(F)F)c2)C(C)C)c(C)c1. The van der Waals surface area contributed by atoms with E-state index in [4.69, 9.17) is 23.8 Å². The van der Waals surface area contributed by atoms with E-state index in [1.54, 1.807) is 0 Å². The van der Waals surface area contributed by atoms with Gasteiger partial charge in [-0.3, -0.25) is 0 Å². The second kappa shape index (κ2) is 8.48. The molecule has 0 spiro atoms. The number of hydrogen-bond donors (Lipinski definition) is 2. The number of halogens is 4. The fourth-order valence-electron chi connectivity index (χ4n) is 2.91. The fourth-order valence-corrected chi connectivity index (χ4v) is 3.38. The van der Waals surface area contributed by atoms with Crippen LogP contribution in [0.4, 0.5) is 18.9 Å². The monoisotopic (exact) mass is 414 g/mol. The lowest BCUT2D eigenvalue weighted by molar-refractivity contribution is -0.137. The van der Waals surface area contributed by atoms with Crippen molar-refractivity contribution in [3.8, 4) is 0 Å². The van der Waals surface area contributed by atoms with Gasteiger partial charge in [-0.25, -0.2) is 0 Å². The predicted molar refractivity (Wildman–Crippen MR) is 109 cm³/mol. The molecule has 146 valence electrons. The van der Waals surface area contributed by atoms with E-state index in [0.29, 0.717) is 0 Å². The lowest BCUT2D eigenvalue weighted by atomic mass is 9.92. The quantitative estimate of drug-likeness (QED) is 0.547. The summed E-state index contributed by atoms with van der Waals surface area (Å²) in [6.45, 7) is 8.18. The molecule has 0 radical (unpaired) electrons. The van der Waals surface area contributed by atoms with Gasteiger partial charge in [-0.05, 0) is 61.3 Å². The van der Waals surface area contributed by atoms with Crippen molar-refractivity contribution in [3.63, 3.8) is 0 Å². The van der Waals surface area contributed by atoms with Gasteiger partial charge in [0.15, 0.2) is 5.11 Å². The third-order valence-electron chi connectivity index (χ3n) is 4.24. The molecular formula is C20H22ClF3N2S. The average molecular weight is 415 g/mol. The van der Waals surface area contributed by atoms with Crippen LogP contribution in [0.25, 0.3) is 0 Å². The summed E-state index contributed by atoms with van der Waals surface area (Å²) in [5, 5.41) is 5.96. The molecule has 0 aliphatic carbocycles. The number of thiocarbonyl (C=S) groups is 1. The van der Waals surface area contributed by atoms with Crippen molar-refractivity contribution in [3.05, 3.63) is 63.7 Å². The first kappa shape index (κ1) is 21.5. The van der Waals surface area contributed by atoms with Crippen molar-refractivity contribution in [2.45, 2.75) is 39.9 Å². The Morgan fingerprint density at radius 3 is 2.30 bits per heavy atom. The van der Waals surface area contributed by atoms with Gasteiger partial charge in [-0.1, -0.05) is 49.2 Å². The molecule has 0 bridgehead atoms. The van der Waals surface area contributed by atoms with Gasteiger partial charge in [0.2, 0.25) is 0 Å². The molecule has 0 amide bonds. The Labute approximate surface area is 168 Å². The summed E-state index contributed by atoms with van der Waals surface area (Å²) in [5.74, 6) is 0.224. The normalized spacial score (nSPS) is 12.8. The molecule has 0 saturated heterocycles. The van der Waals surface area contributed by atoms with Crippen molar-refractivity contribution < 1.29 is 13.2 Å². The third kappa shape index (κ3) is 5.59. The lowest BCUT2D eigenvalue weighted by Gasteiger charge is -2.26. The topological polar surface area (TPSA) is 24.1 Å². The zero-order valence-electron chi connectivity index (χ0n) is 15.5. The number of aryl methyl sites for hydroxylation is 2. The smallest absolute Gasteiger partial charge is 0.355 e. The van der Waals surface area contributed by atoms with E-state index in [9.17, 15) is 13.2 Å². The van der Waals surface area contributed by atoms with E-state index < -0.39 is 11.7 Å². The number of alkyl halides is 3. The van der Waals surface area contributed by atoms with Crippen LogP contribution in [0.1, 0.15) is 42.1 Å². The summed E-state index contributed by atoms with van der Waals surface area (Å²) >= 11 is 11.0. The predicted octanol–water partition coefficient (Wildman–Crippen LogP) is 6.66. The second-order valence-electron chi connectivity index (χ2n) is 6.87. The molecule has 27 heavy (non-hydrogen) atoms. The molecule has 0 heterocycles. The zero-order chi connectivity index (χ0) is 20.4. The highest BCUT2D eigenvalue weighted by molar-refractivity contribution is 7.80. The van der Waals surface area contributed by atoms with Crippen molar-refractivity contribution in [1.29, 1.82) is 0 Å². The number of anilines is 1. The number of nitrogens with one attached hydrogen (secondary N) is 2. The van der Waals surface area contributed by atoms with Gasteiger partial charge in [0.1, 0.15) is 0 Å². The third-order valence-corrected chi connectivity index (χ3v) is 4.79. The Bertz CT molecular complexity index is 834. The van der Waals surface area contributed by atoms with Crippen LogP contribution in [-0.2, 0) is 6.18 Å². The Hall–Kier alpha value is -1.79. The van der Waals surface area contributed by atoms with E-state index in [1.165, 1.54) is 17.7 Å². The summed E-state index contributed by atoms with van der Waals surface area (Å²) in [7, 11) is 0. The molecular weight excluding hydrogens is 393 g/mol. The van der Waals surface area contributed by atoms with Gasteiger partial charge in [0, 0.05) is 5.69 Å². The van der Waals surface area contributed by atoms with E-state index in [0.717, 1.165) is 17.2 Å². The van der Waals surface area contributed by atoms with Gasteiger partial charge < -0.3 is 10.6 Å². The van der Waals surface area contributed by atoms with E-state index in [1.807, 2.05) is 19.9 Å². The van der Waals surface area contributed by atoms with Gasteiger partial charge in [0.05, 0.1) is 16.6 Å². The minimum Gasteiger partial charge on any atom is -0.355 e. The van der Waals surface area contributed by atoms with Crippen LogP contribution in [-0.4, -0.2) is 5.11 Å². The molecule has 1 atom stereocenters. The lowest BCUT2D eigenvalue weighted by Crippen LogP contribution is -2.35. The second-order valence-corrected chi connectivity index (χ2v) is 7.69. The van der Waals surface area contributed by atoms with E-state index in [-0.39, 0.29) is 27.8 Å². The van der Waals surface area contributed by atoms with Crippen LogP contribution in [0.5, 0.6) is 0 Å². The molecule has 0 aromatic heterocycles. The van der Waals surface area contributed by atoms with Crippen LogP contribution >= 0.6 is 23.8 Å². The molecule has 2 rings (SSSR count). The maximum atomic E-state index is 13.0. The van der Waals surface area contributed by atoms with E-state index in [2.05, 4.69) is 36.6 Å². The molecule has 2 N–H and O–H groups in total. The molecule has 7 heteroatoms. The number of rotatable bonds is 4. The van der Waals surface area contributed by atoms with Crippen molar-refractivity contribution >= 4 is 34.6 Å². The van der Waals surface area contributed by atoms with Crippen molar-refractivity contribution in [2.24, 2.45) is 5.92 Å². The van der Waals surface area contributed by atoms with Crippen LogP contribution in [0, 0.1) is 19.8 Å². The molecule has 0 unspecified atom stereocenters. The highest BCUT2D eigenvalue weighted by atomic mass is 35.5. The molecule has 2 nitrogen and oxygen atoms in total. The van der Waals surface area contributed by atoms with Gasteiger partial charge in [0.25, 0.3) is 0 Å². The summed E-state index contributed by atoms with van der Waals surface area (Å²) in [6, 6.07) is 9.74. The molecule has 0 fully saturated rings. The van der Waals surface area contributed by atoms with Gasteiger partial charge >= 0.3 is 6.18 Å². The van der Waals surface area contributed by atoms with Crippen LogP contribution in [0.2, 0.25) is 5.02 Å². The largest absolute Gasteiger partial charge is 0.417 e.